The molecule has 2 fully saturated rings. The third-order valence-electron chi connectivity index (χ3n) is 6.35. The van der Waals surface area contributed by atoms with E-state index in [1.807, 2.05) is 42.5 Å². The molecule has 2 atom stereocenters. The zero-order valence-electron chi connectivity index (χ0n) is 15.4. The van der Waals surface area contributed by atoms with Crippen molar-refractivity contribution in [2.24, 2.45) is 11.8 Å². The average Bonchev–Trinajstić information content (AvgIpc) is 3.32. The number of aryl methyl sites for hydroxylation is 1. The van der Waals surface area contributed by atoms with Gasteiger partial charge in [0.2, 0.25) is 0 Å². The normalized spacial score (nSPS) is 24.7. The number of rotatable bonds is 3. The summed E-state index contributed by atoms with van der Waals surface area (Å²) in [4.78, 5) is 26.0. The number of carbonyl (C=O) groups is 2. The van der Waals surface area contributed by atoms with Gasteiger partial charge in [-0.15, -0.1) is 0 Å². The van der Waals surface area contributed by atoms with Crippen LogP contribution in [0.1, 0.15) is 43.2 Å². The van der Waals surface area contributed by atoms with Crippen LogP contribution in [0.3, 0.4) is 0 Å². The molecule has 0 N–H and O–H groups in total. The van der Waals surface area contributed by atoms with E-state index in [0.29, 0.717) is 0 Å². The van der Waals surface area contributed by atoms with Crippen LogP contribution in [0.25, 0.3) is 22.3 Å². The molecule has 3 nitrogen and oxygen atoms in total. The van der Waals surface area contributed by atoms with E-state index < -0.39 is 5.92 Å². The summed E-state index contributed by atoms with van der Waals surface area (Å²) < 4.78 is 6.01. The van der Waals surface area contributed by atoms with Crippen molar-refractivity contribution >= 4 is 22.5 Å². The van der Waals surface area contributed by atoms with Crippen molar-refractivity contribution in [1.82, 2.24) is 0 Å². The Morgan fingerprint density at radius 1 is 0.963 bits per heavy atom. The lowest BCUT2D eigenvalue weighted by Gasteiger charge is -2.27. The van der Waals surface area contributed by atoms with Crippen LogP contribution in [0.2, 0.25) is 0 Å². The molecule has 2 saturated carbocycles. The number of fused-ring (bicyclic) bond motifs is 3. The summed E-state index contributed by atoms with van der Waals surface area (Å²) in [5.41, 5.74) is 3.75. The van der Waals surface area contributed by atoms with Crippen LogP contribution in [-0.4, -0.2) is 11.6 Å². The molecule has 2 aliphatic carbocycles. The third-order valence-corrected chi connectivity index (χ3v) is 6.35. The van der Waals surface area contributed by atoms with Gasteiger partial charge in [-0.05, 0) is 55.0 Å². The van der Waals surface area contributed by atoms with Gasteiger partial charge < -0.3 is 4.42 Å². The van der Waals surface area contributed by atoms with Gasteiger partial charge in [0.25, 0.3) is 0 Å². The number of hydrogen-bond donors (Lipinski definition) is 0. The van der Waals surface area contributed by atoms with E-state index in [1.54, 1.807) is 0 Å². The SMILES string of the molecule is CCc1ccc(-c2cc3ccccc3o2)cc1C1C(=O)C2CCC(C2)C1=O. The minimum absolute atomic E-state index is 0.0669. The molecule has 2 unspecified atom stereocenters. The van der Waals surface area contributed by atoms with E-state index in [2.05, 4.69) is 13.0 Å². The Kier molecular flexibility index (Phi) is 3.78. The summed E-state index contributed by atoms with van der Waals surface area (Å²) in [6.45, 7) is 2.08. The molecule has 2 aromatic carbocycles. The number of Topliss-reactive ketones (excluding diaryl/α,β-unsaturated/α-hetero) is 2. The van der Waals surface area contributed by atoms with Gasteiger partial charge in [-0.25, -0.2) is 0 Å². The summed E-state index contributed by atoms with van der Waals surface area (Å²) in [7, 11) is 0. The molecule has 0 saturated heterocycles. The Labute approximate surface area is 158 Å². The maximum atomic E-state index is 13.0. The van der Waals surface area contributed by atoms with E-state index in [-0.39, 0.29) is 23.4 Å². The third kappa shape index (κ3) is 2.56. The van der Waals surface area contributed by atoms with Crippen LogP contribution in [0.4, 0.5) is 0 Å². The second kappa shape index (κ2) is 6.19. The van der Waals surface area contributed by atoms with E-state index in [0.717, 1.165) is 59.1 Å². The van der Waals surface area contributed by atoms with Crippen molar-refractivity contribution in [3.8, 4) is 11.3 Å². The van der Waals surface area contributed by atoms with Crippen LogP contribution < -0.4 is 0 Å². The Morgan fingerprint density at radius 3 is 2.41 bits per heavy atom. The Bertz CT molecular complexity index is 1000. The van der Waals surface area contributed by atoms with Gasteiger partial charge in [0.15, 0.2) is 11.6 Å². The highest BCUT2D eigenvalue weighted by molar-refractivity contribution is 6.12. The number of hydrogen-bond acceptors (Lipinski definition) is 3. The number of furan rings is 1. The Morgan fingerprint density at radius 2 is 1.70 bits per heavy atom. The molecule has 0 spiro atoms. The molecule has 2 bridgehead atoms. The van der Waals surface area contributed by atoms with Crippen molar-refractivity contribution in [3.63, 3.8) is 0 Å². The van der Waals surface area contributed by atoms with Crippen molar-refractivity contribution in [2.45, 2.75) is 38.5 Å². The fraction of sp³-hybridized carbons (Fsp3) is 0.333. The fourth-order valence-electron chi connectivity index (χ4n) is 4.88. The van der Waals surface area contributed by atoms with Gasteiger partial charge in [-0.2, -0.15) is 0 Å². The van der Waals surface area contributed by atoms with Crippen LogP contribution in [0.5, 0.6) is 0 Å². The molecule has 0 amide bonds. The minimum atomic E-state index is -0.587. The molecular formula is C24H22O3. The zero-order valence-corrected chi connectivity index (χ0v) is 15.4. The highest BCUT2D eigenvalue weighted by Gasteiger charge is 2.47. The van der Waals surface area contributed by atoms with E-state index in [1.165, 1.54) is 0 Å². The first kappa shape index (κ1) is 16.5. The van der Waals surface area contributed by atoms with Gasteiger partial charge in [0, 0.05) is 22.8 Å². The molecule has 5 rings (SSSR count). The predicted octanol–water partition coefficient (Wildman–Crippen LogP) is 5.31. The molecular weight excluding hydrogens is 336 g/mol. The number of ketones is 2. The van der Waals surface area contributed by atoms with Gasteiger partial charge in [0.1, 0.15) is 17.3 Å². The first-order valence-corrected chi connectivity index (χ1v) is 9.85. The quantitative estimate of drug-likeness (QED) is 0.596. The fourth-order valence-corrected chi connectivity index (χ4v) is 4.88. The van der Waals surface area contributed by atoms with Crippen LogP contribution in [-0.2, 0) is 16.0 Å². The largest absolute Gasteiger partial charge is 0.456 e. The average molecular weight is 358 g/mol. The van der Waals surface area contributed by atoms with Crippen molar-refractivity contribution in [2.75, 3.05) is 0 Å². The van der Waals surface area contributed by atoms with Crippen molar-refractivity contribution in [1.29, 1.82) is 0 Å². The van der Waals surface area contributed by atoms with E-state index in [4.69, 9.17) is 4.42 Å². The Hall–Kier alpha value is -2.68. The van der Waals surface area contributed by atoms with E-state index >= 15 is 0 Å². The number of benzene rings is 2. The van der Waals surface area contributed by atoms with Gasteiger partial charge in [0.05, 0.1) is 0 Å². The molecule has 0 aliphatic heterocycles. The van der Waals surface area contributed by atoms with Crippen LogP contribution in [0, 0.1) is 11.8 Å². The lowest BCUT2D eigenvalue weighted by molar-refractivity contribution is -0.135. The highest BCUT2D eigenvalue weighted by Crippen LogP contribution is 2.45. The predicted molar refractivity (Wildman–Crippen MR) is 105 cm³/mol. The summed E-state index contributed by atoms with van der Waals surface area (Å²) in [6, 6.07) is 16.0. The summed E-state index contributed by atoms with van der Waals surface area (Å²) >= 11 is 0. The smallest absolute Gasteiger partial charge is 0.150 e. The first-order chi connectivity index (χ1) is 13.2. The second-order valence-corrected chi connectivity index (χ2v) is 7.86. The zero-order chi connectivity index (χ0) is 18.5. The second-order valence-electron chi connectivity index (χ2n) is 7.86. The highest BCUT2D eigenvalue weighted by atomic mass is 16.3. The van der Waals surface area contributed by atoms with Crippen LogP contribution >= 0.6 is 0 Å². The topological polar surface area (TPSA) is 47.3 Å². The van der Waals surface area contributed by atoms with Gasteiger partial charge >= 0.3 is 0 Å². The maximum absolute atomic E-state index is 13.0. The molecule has 2 aliphatic rings. The van der Waals surface area contributed by atoms with Crippen LogP contribution in [0.15, 0.2) is 52.9 Å². The van der Waals surface area contributed by atoms with Crippen molar-refractivity contribution in [3.05, 3.63) is 59.7 Å². The molecule has 136 valence electrons. The molecule has 1 aromatic heterocycles. The summed E-state index contributed by atoms with van der Waals surface area (Å²) in [5, 5.41) is 1.05. The van der Waals surface area contributed by atoms with Gasteiger partial charge in [-0.1, -0.05) is 37.3 Å². The van der Waals surface area contributed by atoms with E-state index in [9.17, 15) is 9.59 Å². The molecule has 0 radical (unpaired) electrons. The van der Waals surface area contributed by atoms with Gasteiger partial charge in [-0.3, -0.25) is 9.59 Å². The number of para-hydroxylation sites is 1. The standard InChI is InChI=1S/C24H22O3/c1-2-14-7-8-16(21-13-15-5-3-4-6-20(15)27-21)12-19(14)22-23(25)17-9-10-18(11-17)24(22)26/h3-8,12-13,17-18,22H,2,9-11H2,1H3. The monoisotopic (exact) mass is 358 g/mol. The first-order valence-electron chi connectivity index (χ1n) is 9.85. The molecule has 1 heterocycles. The summed E-state index contributed by atoms with van der Waals surface area (Å²) in [5.74, 6) is 0.583. The maximum Gasteiger partial charge on any atom is 0.150 e. The summed E-state index contributed by atoms with van der Waals surface area (Å²) in [6.07, 6.45) is 3.31. The molecule has 3 aromatic rings. The van der Waals surface area contributed by atoms with Crippen molar-refractivity contribution < 1.29 is 14.0 Å². The lowest BCUT2D eigenvalue weighted by Crippen LogP contribution is -2.35. The number of carbonyl (C=O) groups excluding carboxylic acids is 2. The molecule has 3 heteroatoms. The Balaban J connectivity index is 1.62. The lowest BCUT2D eigenvalue weighted by atomic mass is 9.73. The molecule has 27 heavy (non-hydrogen) atoms. The minimum Gasteiger partial charge on any atom is -0.456 e.